The Balaban J connectivity index is 1.65. The van der Waals surface area contributed by atoms with Crippen LogP contribution in [0, 0.1) is 12.7 Å². The number of nitrogens with zero attached hydrogens (tertiary/aromatic N) is 2. The molecule has 1 aromatic carbocycles. The van der Waals surface area contributed by atoms with E-state index in [2.05, 4.69) is 15.0 Å². The fourth-order valence-corrected chi connectivity index (χ4v) is 2.73. The van der Waals surface area contributed by atoms with Crippen LogP contribution < -0.4 is 0 Å². The van der Waals surface area contributed by atoms with Gasteiger partial charge in [0.2, 0.25) is 11.7 Å². The van der Waals surface area contributed by atoms with Gasteiger partial charge in [0.15, 0.2) is 5.76 Å². The number of halogens is 1. The van der Waals surface area contributed by atoms with Crippen molar-refractivity contribution in [2.45, 2.75) is 13.3 Å². The molecule has 6 heteroatoms. The van der Waals surface area contributed by atoms with Gasteiger partial charge in [-0.25, -0.2) is 14.4 Å². The van der Waals surface area contributed by atoms with E-state index < -0.39 is 0 Å². The molecule has 25 heavy (non-hydrogen) atoms. The molecular weight excluding hydrogens is 321 g/mol. The second-order valence-electron chi connectivity index (χ2n) is 5.79. The number of ketones is 1. The number of nitrogens with one attached hydrogen (secondary N) is 1. The maximum absolute atomic E-state index is 13.2. The zero-order valence-corrected chi connectivity index (χ0v) is 13.4. The second kappa shape index (κ2) is 5.98. The molecule has 1 fully saturated rings. The van der Waals surface area contributed by atoms with Gasteiger partial charge in [-0.05, 0) is 48.9 Å². The van der Waals surface area contributed by atoms with E-state index >= 15 is 0 Å². The highest BCUT2D eigenvalue weighted by atomic mass is 19.1. The quantitative estimate of drug-likeness (QED) is 0.718. The molecule has 0 bridgehead atoms. The Morgan fingerprint density at radius 3 is 3.08 bits per heavy atom. The van der Waals surface area contributed by atoms with Gasteiger partial charge in [0.1, 0.15) is 11.5 Å². The van der Waals surface area contributed by atoms with Crippen molar-refractivity contribution in [3.63, 3.8) is 0 Å². The van der Waals surface area contributed by atoms with Crippen LogP contribution in [-0.2, 0) is 9.53 Å². The van der Waals surface area contributed by atoms with E-state index in [4.69, 9.17) is 4.74 Å². The first-order valence-electron chi connectivity index (χ1n) is 7.79. The van der Waals surface area contributed by atoms with Crippen LogP contribution in [0.1, 0.15) is 17.5 Å². The van der Waals surface area contributed by atoms with Crippen LogP contribution in [0.15, 0.2) is 53.5 Å². The number of aromatic nitrogens is 2. The first-order valence-corrected chi connectivity index (χ1v) is 7.79. The van der Waals surface area contributed by atoms with Crippen molar-refractivity contribution in [2.24, 2.45) is 4.99 Å². The molecule has 2 aromatic heterocycles. The Labute approximate surface area is 142 Å². The molecule has 124 valence electrons. The summed E-state index contributed by atoms with van der Waals surface area (Å²) in [6, 6.07) is 8.05. The molecule has 1 aliphatic heterocycles. The monoisotopic (exact) mass is 335 g/mol. The zero-order chi connectivity index (χ0) is 17.4. The molecule has 5 nitrogen and oxygen atoms in total. The van der Waals surface area contributed by atoms with Gasteiger partial charge in [-0.2, -0.15) is 0 Å². The number of allylic oxidation sites excluding steroid dienone is 1. The number of H-pyrrole nitrogens is 1. The summed E-state index contributed by atoms with van der Waals surface area (Å²) in [6.45, 7) is 1.76. The first kappa shape index (κ1) is 15.3. The van der Waals surface area contributed by atoms with Gasteiger partial charge in [0, 0.05) is 23.3 Å². The Hall–Kier alpha value is -3.28. The zero-order valence-electron chi connectivity index (χ0n) is 13.4. The topological polar surface area (TPSA) is 67.3 Å². The molecule has 0 radical (unpaired) electrons. The maximum atomic E-state index is 13.2. The number of ether oxygens (including phenoxy) is 1. The van der Waals surface area contributed by atoms with Crippen LogP contribution >= 0.6 is 0 Å². The van der Waals surface area contributed by atoms with Crippen LogP contribution in [0.2, 0.25) is 0 Å². The van der Waals surface area contributed by atoms with E-state index in [-0.39, 0.29) is 23.8 Å². The first-order chi connectivity index (χ1) is 12.1. The molecule has 3 aromatic rings. The number of fused-ring (bicyclic) bond motifs is 1. The number of rotatable bonds is 2. The number of aliphatic imine (C=N–C) groups is 1. The number of Topliss-reactive ketones (excluding diaryl/α,β-unsaturated/α-hetero) is 1. The van der Waals surface area contributed by atoms with Gasteiger partial charge >= 0.3 is 0 Å². The second-order valence-corrected chi connectivity index (χ2v) is 5.79. The molecule has 1 saturated heterocycles. The summed E-state index contributed by atoms with van der Waals surface area (Å²) in [7, 11) is 0. The molecule has 3 heterocycles. The Bertz CT molecular complexity index is 1050. The summed E-state index contributed by atoms with van der Waals surface area (Å²) in [5.41, 5.74) is 2.84. The van der Waals surface area contributed by atoms with Gasteiger partial charge < -0.3 is 9.72 Å². The maximum Gasteiger partial charge on any atom is 0.207 e. The lowest BCUT2D eigenvalue weighted by molar-refractivity contribution is -0.114. The summed E-state index contributed by atoms with van der Waals surface area (Å²) < 4.78 is 18.8. The van der Waals surface area contributed by atoms with Crippen LogP contribution in [0.3, 0.4) is 0 Å². The van der Waals surface area contributed by atoms with Crippen LogP contribution in [0.25, 0.3) is 17.1 Å². The molecule has 4 rings (SSSR count). The summed E-state index contributed by atoms with van der Waals surface area (Å²) in [5, 5.41) is 0.908. The highest BCUT2D eigenvalue weighted by Gasteiger charge is 2.26. The molecule has 0 unspecified atom stereocenters. The van der Waals surface area contributed by atoms with Crippen LogP contribution in [0.4, 0.5) is 10.1 Å². The minimum Gasteiger partial charge on any atom is -0.439 e. The third-order valence-corrected chi connectivity index (χ3v) is 3.99. The average Bonchev–Trinajstić information content (AvgIpc) is 3.15. The number of aryl methyl sites for hydroxylation is 1. The smallest absolute Gasteiger partial charge is 0.207 e. The summed E-state index contributed by atoms with van der Waals surface area (Å²) >= 11 is 0. The third kappa shape index (κ3) is 2.94. The Kier molecular flexibility index (Phi) is 3.65. The average molecular weight is 335 g/mol. The largest absolute Gasteiger partial charge is 0.439 e. The minimum atomic E-state index is -0.321. The van der Waals surface area contributed by atoms with Crippen molar-refractivity contribution in [1.82, 2.24) is 9.97 Å². The van der Waals surface area contributed by atoms with Crippen LogP contribution in [0.5, 0.6) is 0 Å². The van der Waals surface area contributed by atoms with E-state index in [0.717, 1.165) is 16.6 Å². The minimum absolute atomic E-state index is 0.0866. The number of aromatic amines is 1. The van der Waals surface area contributed by atoms with Crippen LogP contribution in [-0.4, -0.2) is 21.6 Å². The van der Waals surface area contributed by atoms with Crippen molar-refractivity contribution in [3.05, 3.63) is 65.4 Å². The standard InChI is InChI=1S/C19H14FN3O2/c1-11-7-13(20)4-5-15(11)23-18-9-16(24)17(25-18)8-12-10-22-19-14(12)3-2-6-21-19/h2-8,10H,9H2,1H3,(H,21,22)/b17-8-,23-18?. The fraction of sp³-hybridized carbons (Fsp3) is 0.105. The van der Waals surface area contributed by atoms with Gasteiger partial charge in [-0.3, -0.25) is 4.79 Å². The van der Waals surface area contributed by atoms with E-state index in [0.29, 0.717) is 17.1 Å². The molecule has 0 aliphatic carbocycles. The van der Waals surface area contributed by atoms with Crippen molar-refractivity contribution in [3.8, 4) is 0 Å². The van der Waals surface area contributed by atoms with Crippen molar-refractivity contribution in [2.75, 3.05) is 0 Å². The Morgan fingerprint density at radius 2 is 2.24 bits per heavy atom. The lowest BCUT2D eigenvalue weighted by atomic mass is 10.1. The normalized spacial score (nSPS) is 17.6. The number of hydrogen-bond acceptors (Lipinski definition) is 4. The number of benzene rings is 1. The number of carbonyl (C=O) groups is 1. The fourth-order valence-electron chi connectivity index (χ4n) is 2.73. The molecular formula is C19H14FN3O2. The lowest BCUT2D eigenvalue weighted by Crippen LogP contribution is -1.93. The lowest BCUT2D eigenvalue weighted by Gasteiger charge is -2.02. The molecule has 0 saturated carbocycles. The molecule has 1 aliphatic rings. The van der Waals surface area contributed by atoms with Gasteiger partial charge in [0.05, 0.1) is 12.1 Å². The molecule has 1 N–H and O–H groups in total. The van der Waals surface area contributed by atoms with Gasteiger partial charge in [0.25, 0.3) is 0 Å². The van der Waals surface area contributed by atoms with E-state index in [1.807, 2.05) is 12.1 Å². The van der Waals surface area contributed by atoms with Gasteiger partial charge in [-0.1, -0.05) is 0 Å². The van der Waals surface area contributed by atoms with Gasteiger partial charge in [-0.15, -0.1) is 0 Å². The van der Waals surface area contributed by atoms with E-state index in [1.54, 1.807) is 31.5 Å². The number of pyridine rings is 1. The van der Waals surface area contributed by atoms with Crippen molar-refractivity contribution >= 4 is 34.5 Å². The highest BCUT2D eigenvalue weighted by Crippen LogP contribution is 2.26. The van der Waals surface area contributed by atoms with E-state index in [1.165, 1.54) is 12.1 Å². The van der Waals surface area contributed by atoms with Crippen molar-refractivity contribution in [1.29, 1.82) is 0 Å². The number of carbonyl (C=O) groups excluding carboxylic acids is 1. The Morgan fingerprint density at radius 1 is 1.36 bits per heavy atom. The summed E-state index contributed by atoms with van der Waals surface area (Å²) in [6.07, 6.45) is 5.25. The summed E-state index contributed by atoms with van der Waals surface area (Å²) in [4.78, 5) is 23.8. The predicted molar refractivity (Wildman–Crippen MR) is 93.0 cm³/mol. The molecule has 0 atom stereocenters. The predicted octanol–water partition coefficient (Wildman–Crippen LogP) is 4.07. The third-order valence-electron chi connectivity index (χ3n) is 3.99. The number of hydrogen-bond donors (Lipinski definition) is 1. The molecule has 0 amide bonds. The molecule has 0 spiro atoms. The van der Waals surface area contributed by atoms with Crippen molar-refractivity contribution < 1.29 is 13.9 Å². The highest BCUT2D eigenvalue weighted by molar-refractivity contribution is 6.15. The summed E-state index contributed by atoms with van der Waals surface area (Å²) in [5.74, 6) is 0.0855. The SMILES string of the molecule is Cc1cc(F)ccc1N=C1CC(=O)/C(=C/c2c[nH]c3ncccc23)O1. The van der Waals surface area contributed by atoms with E-state index in [9.17, 15) is 9.18 Å².